The molecule has 2 fully saturated rings. The van der Waals surface area contributed by atoms with Crippen molar-refractivity contribution in [1.29, 1.82) is 0 Å². The largest absolute Gasteiger partial charge is 0.399 e. The van der Waals surface area contributed by atoms with Gasteiger partial charge < -0.3 is 20.9 Å². The highest BCUT2D eigenvalue weighted by Crippen LogP contribution is 2.37. The Hall–Kier alpha value is -3.93. The number of aromatic amines is 1. The van der Waals surface area contributed by atoms with Crippen LogP contribution in [0.2, 0.25) is 0 Å². The molecule has 2 saturated heterocycles. The molecule has 5 rings (SSSR count). The van der Waals surface area contributed by atoms with Crippen LogP contribution in [0, 0.1) is 0 Å². The fourth-order valence-corrected chi connectivity index (χ4v) is 5.09. The van der Waals surface area contributed by atoms with Crippen LogP contribution in [-0.4, -0.2) is 63.6 Å². The second-order valence-corrected chi connectivity index (χ2v) is 8.95. The number of hydrogen-bond acceptors (Lipinski definition) is 8. The molecule has 12 heteroatoms. The second kappa shape index (κ2) is 7.89. The number of amides is 4. The zero-order chi connectivity index (χ0) is 23.2. The summed E-state index contributed by atoms with van der Waals surface area (Å²) >= 11 is 1.36. The Labute approximate surface area is 193 Å². The molecule has 0 radical (unpaired) electrons. The van der Waals surface area contributed by atoms with Crippen LogP contribution >= 0.6 is 11.3 Å². The van der Waals surface area contributed by atoms with Crippen molar-refractivity contribution < 1.29 is 14.4 Å². The Bertz CT molecular complexity index is 1230. The molecule has 0 unspecified atom stereocenters. The van der Waals surface area contributed by atoms with Crippen LogP contribution in [0.1, 0.15) is 23.3 Å². The van der Waals surface area contributed by atoms with E-state index >= 15 is 0 Å². The van der Waals surface area contributed by atoms with Crippen LogP contribution in [0.4, 0.5) is 21.9 Å². The van der Waals surface area contributed by atoms with E-state index in [2.05, 4.69) is 30.7 Å². The van der Waals surface area contributed by atoms with Gasteiger partial charge in [-0.1, -0.05) is 0 Å². The number of nitrogens with zero attached hydrogens (tertiary/aromatic N) is 4. The normalized spacial score (nSPS) is 17.5. The minimum absolute atomic E-state index is 0.257. The summed E-state index contributed by atoms with van der Waals surface area (Å²) in [6.07, 6.45) is 4.32. The molecule has 0 bridgehead atoms. The van der Waals surface area contributed by atoms with Crippen LogP contribution in [-0.2, 0) is 4.79 Å². The number of hydrogen-bond donors (Lipinski definition) is 4. The number of likely N-dealkylation sites (N-methyl/N-ethyl adjacent to an activating group) is 1. The van der Waals surface area contributed by atoms with Gasteiger partial charge in [-0.05, 0) is 31.0 Å². The van der Waals surface area contributed by atoms with Gasteiger partial charge in [-0.3, -0.25) is 20.0 Å². The number of piperidine rings is 1. The molecule has 3 aromatic rings. The van der Waals surface area contributed by atoms with Gasteiger partial charge in [-0.25, -0.2) is 9.78 Å². The number of nitrogens with two attached hydrogens (primary N) is 1. The van der Waals surface area contributed by atoms with E-state index in [9.17, 15) is 14.4 Å². The van der Waals surface area contributed by atoms with Crippen LogP contribution in [0.25, 0.3) is 10.6 Å². The first-order chi connectivity index (χ1) is 15.9. The number of benzene rings is 1. The van der Waals surface area contributed by atoms with E-state index < -0.39 is 5.54 Å². The predicted molar refractivity (Wildman–Crippen MR) is 124 cm³/mol. The number of urea groups is 1. The summed E-state index contributed by atoms with van der Waals surface area (Å²) in [5.74, 6) is -0.589. The molecule has 1 aromatic carbocycles. The van der Waals surface area contributed by atoms with Crippen molar-refractivity contribution in [1.82, 2.24) is 25.4 Å². The molecule has 11 nitrogen and oxygen atoms in total. The third-order valence-corrected chi connectivity index (χ3v) is 7.16. The fourth-order valence-electron chi connectivity index (χ4n) is 4.30. The summed E-state index contributed by atoms with van der Waals surface area (Å²) in [6, 6.07) is 4.91. The zero-order valence-corrected chi connectivity index (χ0v) is 18.6. The standard InChI is InChI=1S/C21H22N8O3S/c1-28-20(32)27-19(31)21(28)4-6-29(7-5-21)16-8-13(22)2-3-14(16)25-17(30)15-11-33-18(26-15)12-9-23-24-10-12/h2-3,8-11H,4-7,22H2,1H3,(H,23,24)(H,25,30)(H,27,31,32). The Morgan fingerprint density at radius 3 is 2.73 bits per heavy atom. The van der Waals surface area contributed by atoms with Gasteiger partial charge >= 0.3 is 6.03 Å². The van der Waals surface area contributed by atoms with Crippen LogP contribution < -0.4 is 21.3 Å². The van der Waals surface area contributed by atoms with Crippen molar-refractivity contribution >= 4 is 46.2 Å². The maximum atomic E-state index is 12.9. The third kappa shape index (κ3) is 3.57. The number of carbonyl (C=O) groups is 3. The second-order valence-electron chi connectivity index (χ2n) is 8.09. The summed E-state index contributed by atoms with van der Waals surface area (Å²) in [5, 5.41) is 14.4. The molecule has 5 N–H and O–H groups in total. The van der Waals surface area contributed by atoms with Crippen molar-refractivity contribution in [3.05, 3.63) is 41.7 Å². The van der Waals surface area contributed by atoms with Crippen molar-refractivity contribution in [3.8, 4) is 10.6 Å². The summed E-state index contributed by atoms with van der Waals surface area (Å²) < 4.78 is 0. The Kier molecular flexibility index (Phi) is 5.01. The highest BCUT2D eigenvalue weighted by Gasteiger charge is 2.52. The van der Waals surface area contributed by atoms with E-state index in [1.807, 2.05) is 0 Å². The molecule has 1 spiro atoms. The van der Waals surface area contributed by atoms with Gasteiger partial charge in [0.15, 0.2) is 0 Å². The number of anilines is 3. The van der Waals surface area contributed by atoms with Gasteiger partial charge in [0.2, 0.25) is 0 Å². The lowest BCUT2D eigenvalue weighted by Crippen LogP contribution is -2.55. The van der Waals surface area contributed by atoms with E-state index in [0.29, 0.717) is 48.0 Å². The first-order valence-electron chi connectivity index (χ1n) is 10.4. The van der Waals surface area contributed by atoms with Gasteiger partial charge in [0.25, 0.3) is 11.8 Å². The summed E-state index contributed by atoms with van der Waals surface area (Å²) in [4.78, 5) is 45.3. The Morgan fingerprint density at radius 1 is 1.27 bits per heavy atom. The van der Waals surface area contributed by atoms with E-state index in [0.717, 1.165) is 11.3 Å². The van der Waals surface area contributed by atoms with E-state index in [-0.39, 0.29) is 17.8 Å². The number of nitrogen functional groups attached to an aromatic ring is 1. The van der Waals surface area contributed by atoms with Crippen molar-refractivity contribution in [2.24, 2.45) is 0 Å². The lowest BCUT2D eigenvalue weighted by Gasteiger charge is -2.42. The Balaban J connectivity index is 1.34. The first kappa shape index (κ1) is 20.9. The molecule has 4 heterocycles. The zero-order valence-electron chi connectivity index (χ0n) is 17.8. The van der Waals surface area contributed by atoms with Crippen molar-refractivity contribution in [3.63, 3.8) is 0 Å². The maximum Gasteiger partial charge on any atom is 0.324 e. The lowest BCUT2D eigenvalue weighted by atomic mass is 9.86. The summed E-state index contributed by atoms with van der Waals surface area (Å²) in [7, 11) is 1.65. The molecule has 0 saturated carbocycles. The number of rotatable bonds is 4. The van der Waals surface area contributed by atoms with E-state index in [4.69, 9.17) is 5.73 Å². The molecule has 0 aliphatic carbocycles. The molecule has 4 amide bonds. The van der Waals surface area contributed by atoms with Gasteiger partial charge in [0.1, 0.15) is 16.2 Å². The van der Waals surface area contributed by atoms with Gasteiger partial charge in [0.05, 0.1) is 17.6 Å². The molecule has 33 heavy (non-hydrogen) atoms. The smallest absolute Gasteiger partial charge is 0.324 e. The highest BCUT2D eigenvalue weighted by molar-refractivity contribution is 7.13. The summed E-state index contributed by atoms with van der Waals surface area (Å²) in [5.41, 5.74) is 8.24. The number of aromatic nitrogens is 3. The summed E-state index contributed by atoms with van der Waals surface area (Å²) in [6.45, 7) is 1.05. The maximum absolute atomic E-state index is 12.9. The predicted octanol–water partition coefficient (Wildman–Crippen LogP) is 1.89. The minimum Gasteiger partial charge on any atom is -0.399 e. The van der Waals surface area contributed by atoms with Crippen LogP contribution in [0.15, 0.2) is 36.0 Å². The minimum atomic E-state index is -0.832. The topological polar surface area (TPSA) is 149 Å². The molecular formula is C21H22N8O3S. The first-order valence-corrected chi connectivity index (χ1v) is 11.2. The van der Waals surface area contributed by atoms with Crippen molar-refractivity contribution in [2.75, 3.05) is 36.1 Å². The molecule has 2 aromatic heterocycles. The van der Waals surface area contributed by atoms with Crippen LogP contribution in [0.3, 0.4) is 0 Å². The monoisotopic (exact) mass is 466 g/mol. The number of nitrogens with one attached hydrogen (secondary N) is 3. The molecule has 2 aliphatic heterocycles. The molecular weight excluding hydrogens is 444 g/mol. The highest BCUT2D eigenvalue weighted by atomic mass is 32.1. The fraction of sp³-hybridized carbons (Fsp3) is 0.286. The number of H-pyrrole nitrogens is 1. The Morgan fingerprint density at radius 2 is 2.06 bits per heavy atom. The van der Waals surface area contributed by atoms with Crippen molar-refractivity contribution in [2.45, 2.75) is 18.4 Å². The number of imide groups is 1. The third-order valence-electron chi connectivity index (χ3n) is 6.27. The average molecular weight is 467 g/mol. The number of carbonyl (C=O) groups excluding carboxylic acids is 3. The molecule has 170 valence electrons. The van der Waals surface area contributed by atoms with E-state index in [1.54, 1.807) is 43.0 Å². The molecule has 0 atom stereocenters. The number of thiazole rings is 1. The quantitative estimate of drug-likeness (QED) is 0.339. The SMILES string of the molecule is CN1C(=O)NC(=O)C12CCN(c1cc(N)ccc1NC(=O)c1csc(-c3cn[nH]c3)n1)CC2. The van der Waals surface area contributed by atoms with Gasteiger partial charge in [-0.2, -0.15) is 5.10 Å². The van der Waals surface area contributed by atoms with E-state index in [1.165, 1.54) is 16.2 Å². The van der Waals surface area contributed by atoms with Gasteiger partial charge in [-0.15, -0.1) is 11.3 Å². The average Bonchev–Trinajstić information content (AvgIpc) is 3.55. The molecule has 2 aliphatic rings. The van der Waals surface area contributed by atoms with Crippen LogP contribution in [0.5, 0.6) is 0 Å². The lowest BCUT2D eigenvalue weighted by molar-refractivity contribution is -0.127. The van der Waals surface area contributed by atoms with Gasteiger partial charge in [0, 0.05) is 43.0 Å².